The van der Waals surface area contributed by atoms with Crippen LogP contribution in [0.15, 0.2) is 18.3 Å². The van der Waals surface area contributed by atoms with Gasteiger partial charge in [-0.15, -0.1) is 0 Å². The fourth-order valence-electron chi connectivity index (χ4n) is 2.88. The van der Waals surface area contributed by atoms with E-state index in [0.29, 0.717) is 18.6 Å². The lowest BCUT2D eigenvalue weighted by molar-refractivity contribution is -0.124. The van der Waals surface area contributed by atoms with Crippen molar-refractivity contribution >= 4 is 11.6 Å². The summed E-state index contributed by atoms with van der Waals surface area (Å²) in [6.07, 6.45) is 4.85. The summed E-state index contributed by atoms with van der Waals surface area (Å²) in [6, 6.07) is 3.80. The molecule has 1 aliphatic rings. The van der Waals surface area contributed by atoms with Crippen LogP contribution in [0.4, 0.5) is 0 Å². The number of aromatic nitrogens is 1. The highest BCUT2D eigenvalue weighted by Crippen LogP contribution is 2.38. The first-order valence-electron chi connectivity index (χ1n) is 6.41. The van der Waals surface area contributed by atoms with Crippen molar-refractivity contribution in [2.24, 2.45) is 0 Å². The summed E-state index contributed by atoms with van der Waals surface area (Å²) in [7, 11) is 1.64. The minimum atomic E-state index is -0.800. The Kier molecular flexibility index (Phi) is 3.45. The Morgan fingerprint density at radius 3 is 3.06 bits per heavy atom. The van der Waals surface area contributed by atoms with Gasteiger partial charge in [0.2, 0.25) is 5.91 Å². The first-order chi connectivity index (χ1) is 8.66. The second kappa shape index (κ2) is 4.88. The fourth-order valence-corrected chi connectivity index (χ4v) is 2.88. The average Bonchev–Trinajstić information content (AvgIpc) is 2.44. The third kappa shape index (κ3) is 1.72. The molecular weight excluding hydrogens is 226 g/mol. The van der Waals surface area contributed by atoms with Crippen LogP contribution in [0.1, 0.15) is 37.4 Å². The summed E-state index contributed by atoms with van der Waals surface area (Å²) < 4.78 is 0. The molecule has 1 amide bonds. The monoisotopic (exact) mass is 245 g/mol. The molecular formula is C14H19N3O. The van der Waals surface area contributed by atoms with Crippen molar-refractivity contribution < 1.29 is 4.79 Å². The number of aryl methyl sites for hydroxylation is 1. The van der Waals surface area contributed by atoms with Crippen molar-refractivity contribution in [1.82, 2.24) is 10.3 Å². The van der Waals surface area contributed by atoms with Gasteiger partial charge in [0.05, 0.1) is 0 Å². The number of fused-ring (bicyclic) bond motifs is 1. The number of likely N-dealkylation sites (N-methyl/N-ethyl adjacent to an activating group) is 1. The predicted molar refractivity (Wildman–Crippen MR) is 70.9 cm³/mol. The molecule has 0 saturated heterocycles. The molecule has 4 heteroatoms. The van der Waals surface area contributed by atoms with E-state index < -0.39 is 5.41 Å². The van der Waals surface area contributed by atoms with Gasteiger partial charge >= 0.3 is 0 Å². The molecule has 2 N–H and O–H groups in total. The van der Waals surface area contributed by atoms with E-state index in [-0.39, 0.29) is 5.91 Å². The predicted octanol–water partition coefficient (Wildman–Crippen LogP) is 1.83. The van der Waals surface area contributed by atoms with Crippen LogP contribution in [0.2, 0.25) is 0 Å². The minimum absolute atomic E-state index is 0.0803. The van der Waals surface area contributed by atoms with Gasteiger partial charge in [0, 0.05) is 24.7 Å². The van der Waals surface area contributed by atoms with Gasteiger partial charge in [0.25, 0.3) is 0 Å². The molecule has 0 fully saturated rings. The Hall–Kier alpha value is -1.71. The lowest BCUT2D eigenvalue weighted by atomic mass is 9.67. The largest absolute Gasteiger partial charge is 0.358 e. The highest BCUT2D eigenvalue weighted by molar-refractivity contribution is 6.13. The summed E-state index contributed by atoms with van der Waals surface area (Å²) in [4.78, 5) is 16.7. The number of carbonyl (C=O) groups excluding carboxylic acids is 1. The van der Waals surface area contributed by atoms with Crippen molar-refractivity contribution in [2.75, 3.05) is 7.05 Å². The quantitative estimate of drug-likeness (QED) is 0.798. The molecule has 0 spiro atoms. The van der Waals surface area contributed by atoms with E-state index in [9.17, 15) is 4.79 Å². The molecule has 2 rings (SSSR count). The summed E-state index contributed by atoms with van der Waals surface area (Å²) in [5, 5.41) is 11.0. The SMILES string of the molecule is CCC(=N)C1(C(=O)NC)CCCc2ncccc21. The zero-order valence-corrected chi connectivity index (χ0v) is 10.9. The first-order valence-corrected chi connectivity index (χ1v) is 6.41. The van der Waals surface area contributed by atoms with Crippen molar-refractivity contribution in [3.63, 3.8) is 0 Å². The van der Waals surface area contributed by atoms with Gasteiger partial charge in [-0.25, -0.2) is 0 Å². The zero-order chi connectivity index (χ0) is 13.2. The van der Waals surface area contributed by atoms with Gasteiger partial charge < -0.3 is 10.7 Å². The van der Waals surface area contributed by atoms with E-state index >= 15 is 0 Å². The number of nitrogens with one attached hydrogen (secondary N) is 2. The van der Waals surface area contributed by atoms with Crippen LogP contribution in [-0.2, 0) is 16.6 Å². The number of hydrogen-bond acceptors (Lipinski definition) is 3. The maximum Gasteiger partial charge on any atom is 0.236 e. The average molecular weight is 245 g/mol. The molecule has 4 nitrogen and oxygen atoms in total. The van der Waals surface area contributed by atoms with E-state index in [2.05, 4.69) is 10.3 Å². The normalized spacial score (nSPS) is 22.1. The minimum Gasteiger partial charge on any atom is -0.358 e. The van der Waals surface area contributed by atoms with Gasteiger partial charge in [0.1, 0.15) is 5.41 Å². The number of pyridine rings is 1. The standard InChI is InChI=1S/C14H19N3O/c1-3-12(15)14(13(18)16-2)8-4-7-11-10(14)6-5-9-17-11/h5-6,9,15H,3-4,7-8H2,1-2H3,(H,16,18). The maximum atomic E-state index is 12.4. The fraction of sp³-hybridized carbons (Fsp3) is 0.500. The Morgan fingerprint density at radius 2 is 2.39 bits per heavy atom. The van der Waals surface area contributed by atoms with Crippen LogP contribution in [0, 0.1) is 5.41 Å². The van der Waals surface area contributed by atoms with E-state index in [1.807, 2.05) is 19.1 Å². The number of hydrogen-bond donors (Lipinski definition) is 2. The number of carbonyl (C=O) groups is 1. The number of nitrogens with zero attached hydrogens (tertiary/aromatic N) is 1. The van der Waals surface area contributed by atoms with Gasteiger partial charge in [-0.3, -0.25) is 9.78 Å². The van der Waals surface area contributed by atoms with Gasteiger partial charge in [-0.1, -0.05) is 13.0 Å². The summed E-state index contributed by atoms with van der Waals surface area (Å²) in [6.45, 7) is 1.93. The second-order valence-electron chi connectivity index (χ2n) is 4.67. The zero-order valence-electron chi connectivity index (χ0n) is 10.9. The molecule has 1 aromatic heterocycles. The Bertz CT molecular complexity index is 466. The van der Waals surface area contributed by atoms with Crippen LogP contribution in [-0.4, -0.2) is 23.7 Å². The highest BCUT2D eigenvalue weighted by atomic mass is 16.2. The van der Waals surface area contributed by atoms with E-state index in [1.165, 1.54) is 0 Å². The smallest absolute Gasteiger partial charge is 0.236 e. The number of amides is 1. The van der Waals surface area contributed by atoms with Gasteiger partial charge in [0.15, 0.2) is 0 Å². The van der Waals surface area contributed by atoms with Crippen molar-refractivity contribution in [2.45, 2.75) is 38.0 Å². The third-order valence-corrected chi connectivity index (χ3v) is 3.80. The maximum absolute atomic E-state index is 12.4. The molecule has 0 aliphatic heterocycles. The van der Waals surface area contributed by atoms with E-state index in [0.717, 1.165) is 24.1 Å². The molecule has 0 saturated carbocycles. The molecule has 18 heavy (non-hydrogen) atoms. The molecule has 1 aromatic rings. The Morgan fingerprint density at radius 1 is 1.61 bits per heavy atom. The van der Waals surface area contributed by atoms with Gasteiger partial charge in [-0.2, -0.15) is 0 Å². The third-order valence-electron chi connectivity index (χ3n) is 3.80. The topological polar surface area (TPSA) is 65.8 Å². The van der Waals surface area contributed by atoms with Crippen LogP contribution in [0.25, 0.3) is 0 Å². The molecule has 1 heterocycles. The molecule has 0 radical (unpaired) electrons. The molecule has 0 bridgehead atoms. The first kappa shape index (κ1) is 12.7. The Labute approximate surface area is 107 Å². The lowest BCUT2D eigenvalue weighted by Gasteiger charge is -2.37. The summed E-state index contributed by atoms with van der Waals surface area (Å²) in [5.74, 6) is -0.0803. The van der Waals surface area contributed by atoms with E-state index in [1.54, 1.807) is 13.2 Å². The summed E-state index contributed by atoms with van der Waals surface area (Å²) in [5.41, 5.74) is 1.56. The van der Waals surface area contributed by atoms with Gasteiger partial charge in [-0.05, 0) is 37.3 Å². The molecule has 1 unspecified atom stereocenters. The van der Waals surface area contributed by atoms with Crippen molar-refractivity contribution in [3.05, 3.63) is 29.6 Å². The highest BCUT2D eigenvalue weighted by Gasteiger charge is 2.46. The Balaban J connectivity index is 2.62. The van der Waals surface area contributed by atoms with Crippen molar-refractivity contribution in [3.8, 4) is 0 Å². The van der Waals surface area contributed by atoms with Crippen molar-refractivity contribution in [1.29, 1.82) is 5.41 Å². The summed E-state index contributed by atoms with van der Waals surface area (Å²) >= 11 is 0. The van der Waals surface area contributed by atoms with E-state index in [4.69, 9.17) is 5.41 Å². The molecule has 0 aromatic carbocycles. The van der Waals surface area contributed by atoms with Crippen LogP contribution < -0.4 is 5.32 Å². The number of rotatable bonds is 3. The van der Waals surface area contributed by atoms with Crippen LogP contribution in [0.5, 0.6) is 0 Å². The van der Waals surface area contributed by atoms with Crippen LogP contribution >= 0.6 is 0 Å². The molecule has 96 valence electrons. The van der Waals surface area contributed by atoms with Crippen LogP contribution in [0.3, 0.4) is 0 Å². The molecule has 1 aliphatic carbocycles. The lowest BCUT2D eigenvalue weighted by Crippen LogP contribution is -2.50. The second-order valence-corrected chi connectivity index (χ2v) is 4.67. The molecule has 1 atom stereocenters.